The molecule has 1 atom stereocenters. The zero-order chi connectivity index (χ0) is 13.5. The SMILES string of the molecule is CCOC(=O)C(N=Nc1ccc(F)cc1)C(C)=O. The number of rotatable bonds is 5. The van der Waals surface area contributed by atoms with Crippen LogP contribution in [0.3, 0.4) is 0 Å². The van der Waals surface area contributed by atoms with Crippen molar-refractivity contribution in [3.05, 3.63) is 30.1 Å². The highest BCUT2D eigenvalue weighted by Gasteiger charge is 2.24. The van der Waals surface area contributed by atoms with E-state index in [9.17, 15) is 14.0 Å². The molecule has 0 radical (unpaired) electrons. The molecule has 6 heteroatoms. The third-order valence-corrected chi connectivity index (χ3v) is 2.01. The van der Waals surface area contributed by atoms with E-state index in [0.717, 1.165) is 0 Å². The van der Waals surface area contributed by atoms with Gasteiger partial charge in [0.25, 0.3) is 0 Å². The number of hydrogen-bond donors (Lipinski definition) is 0. The van der Waals surface area contributed by atoms with Crippen LogP contribution in [0.25, 0.3) is 0 Å². The molecule has 0 saturated carbocycles. The molecule has 18 heavy (non-hydrogen) atoms. The molecule has 0 saturated heterocycles. The van der Waals surface area contributed by atoms with Crippen LogP contribution in [0.15, 0.2) is 34.5 Å². The van der Waals surface area contributed by atoms with Crippen molar-refractivity contribution in [2.75, 3.05) is 6.61 Å². The maximum atomic E-state index is 12.6. The molecular weight excluding hydrogens is 239 g/mol. The van der Waals surface area contributed by atoms with Crippen molar-refractivity contribution in [2.45, 2.75) is 19.9 Å². The van der Waals surface area contributed by atoms with Gasteiger partial charge < -0.3 is 4.74 Å². The van der Waals surface area contributed by atoms with Crippen LogP contribution in [0.5, 0.6) is 0 Å². The van der Waals surface area contributed by atoms with Gasteiger partial charge >= 0.3 is 5.97 Å². The molecule has 0 aromatic heterocycles. The second kappa shape index (κ2) is 6.58. The van der Waals surface area contributed by atoms with E-state index in [4.69, 9.17) is 4.74 Å². The van der Waals surface area contributed by atoms with Gasteiger partial charge in [-0.3, -0.25) is 4.79 Å². The number of Topliss-reactive ketones (excluding diaryl/α,β-unsaturated/α-hetero) is 1. The van der Waals surface area contributed by atoms with E-state index in [-0.39, 0.29) is 6.61 Å². The fraction of sp³-hybridized carbons (Fsp3) is 0.333. The van der Waals surface area contributed by atoms with Gasteiger partial charge in [-0.2, -0.15) is 10.2 Å². The average molecular weight is 252 g/mol. The highest BCUT2D eigenvalue weighted by atomic mass is 19.1. The van der Waals surface area contributed by atoms with Gasteiger partial charge in [-0.05, 0) is 38.1 Å². The van der Waals surface area contributed by atoms with Gasteiger partial charge in [0.15, 0.2) is 5.78 Å². The molecule has 0 heterocycles. The number of esters is 1. The Morgan fingerprint density at radius 3 is 2.44 bits per heavy atom. The first kappa shape index (κ1) is 14.0. The van der Waals surface area contributed by atoms with E-state index in [1.807, 2.05) is 0 Å². The van der Waals surface area contributed by atoms with E-state index in [0.29, 0.717) is 5.69 Å². The summed E-state index contributed by atoms with van der Waals surface area (Å²) in [7, 11) is 0. The van der Waals surface area contributed by atoms with Gasteiger partial charge in [-0.1, -0.05) is 0 Å². The van der Waals surface area contributed by atoms with Crippen LogP contribution in [0.4, 0.5) is 10.1 Å². The molecule has 1 unspecified atom stereocenters. The maximum absolute atomic E-state index is 12.6. The monoisotopic (exact) mass is 252 g/mol. The van der Waals surface area contributed by atoms with E-state index in [2.05, 4.69) is 10.2 Å². The summed E-state index contributed by atoms with van der Waals surface area (Å²) < 4.78 is 17.3. The molecule has 0 bridgehead atoms. The average Bonchev–Trinajstić information content (AvgIpc) is 2.31. The fourth-order valence-electron chi connectivity index (χ4n) is 1.15. The van der Waals surface area contributed by atoms with Crippen molar-refractivity contribution < 1.29 is 18.7 Å². The van der Waals surface area contributed by atoms with Crippen molar-refractivity contribution in [3.8, 4) is 0 Å². The van der Waals surface area contributed by atoms with Crippen LogP contribution in [0.2, 0.25) is 0 Å². The van der Waals surface area contributed by atoms with Crippen molar-refractivity contribution in [1.29, 1.82) is 0 Å². The van der Waals surface area contributed by atoms with Crippen molar-refractivity contribution in [2.24, 2.45) is 10.2 Å². The Bertz CT molecular complexity index is 457. The van der Waals surface area contributed by atoms with Gasteiger partial charge in [0.1, 0.15) is 5.82 Å². The van der Waals surface area contributed by atoms with Crippen LogP contribution in [-0.4, -0.2) is 24.4 Å². The number of halogens is 1. The van der Waals surface area contributed by atoms with E-state index in [1.165, 1.54) is 31.2 Å². The minimum atomic E-state index is -1.27. The molecule has 5 nitrogen and oxygen atoms in total. The van der Waals surface area contributed by atoms with Crippen LogP contribution in [-0.2, 0) is 14.3 Å². The third-order valence-electron chi connectivity index (χ3n) is 2.01. The number of carbonyl (C=O) groups is 2. The molecule has 96 valence electrons. The second-order valence-corrected chi connectivity index (χ2v) is 3.46. The lowest BCUT2D eigenvalue weighted by molar-refractivity contribution is -0.147. The quantitative estimate of drug-likeness (QED) is 0.459. The maximum Gasteiger partial charge on any atom is 0.340 e. The molecule has 0 aliphatic rings. The van der Waals surface area contributed by atoms with Crippen LogP contribution in [0, 0.1) is 5.82 Å². The first-order valence-corrected chi connectivity index (χ1v) is 5.38. The molecule has 1 aromatic carbocycles. The zero-order valence-electron chi connectivity index (χ0n) is 10.1. The fourth-order valence-corrected chi connectivity index (χ4v) is 1.15. The van der Waals surface area contributed by atoms with Crippen molar-refractivity contribution >= 4 is 17.4 Å². The Morgan fingerprint density at radius 2 is 1.94 bits per heavy atom. The molecule has 1 aromatic rings. The summed E-state index contributed by atoms with van der Waals surface area (Å²) in [6.07, 6.45) is 0. The summed E-state index contributed by atoms with van der Waals surface area (Å²) in [5.74, 6) is -1.60. The number of benzene rings is 1. The van der Waals surface area contributed by atoms with E-state index in [1.54, 1.807) is 6.92 Å². The molecular formula is C12H13FN2O3. The Kier molecular flexibility index (Phi) is 5.10. The van der Waals surface area contributed by atoms with Crippen molar-refractivity contribution in [1.82, 2.24) is 0 Å². The lowest BCUT2D eigenvalue weighted by Gasteiger charge is -2.06. The minimum Gasteiger partial charge on any atom is -0.464 e. The van der Waals surface area contributed by atoms with Gasteiger partial charge in [-0.15, -0.1) is 0 Å². The van der Waals surface area contributed by atoms with Gasteiger partial charge in [0, 0.05) is 0 Å². The summed E-state index contributed by atoms with van der Waals surface area (Å²) in [6, 6.07) is 3.93. The predicted octanol–water partition coefficient (Wildman–Crippen LogP) is 2.43. The van der Waals surface area contributed by atoms with Crippen LogP contribution >= 0.6 is 0 Å². The van der Waals surface area contributed by atoms with Gasteiger partial charge in [0.05, 0.1) is 12.3 Å². The summed E-state index contributed by atoms with van der Waals surface area (Å²) in [6.45, 7) is 3.02. The Morgan fingerprint density at radius 1 is 1.33 bits per heavy atom. The largest absolute Gasteiger partial charge is 0.464 e. The zero-order valence-corrected chi connectivity index (χ0v) is 10.1. The molecule has 1 rings (SSSR count). The summed E-state index contributed by atoms with van der Waals surface area (Å²) in [5, 5.41) is 7.33. The first-order valence-electron chi connectivity index (χ1n) is 5.38. The molecule has 0 spiro atoms. The lowest BCUT2D eigenvalue weighted by atomic mass is 10.2. The normalized spacial score (nSPS) is 12.4. The summed E-state index contributed by atoms with van der Waals surface area (Å²) in [4.78, 5) is 22.6. The predicted molar refractivity (Wildman–Crippen MR) is 62.0 cm³/mol. The first-order chi connectivity index (χ1) is 8.54. The molecule has 0 amide bonds. The van der Waals surface area contributed by atoms with Crippen molar-refractivity contribution in [3.63, 3.8) is 0 Å². The van der Waals surface area contributed by atoms with Gasteiger partial charge in [-0.25, -0.2) is 9.18 Å². The molecule has 0 fully saturated rings. The summed E-state index contributed by atoms with van der Waals surface area (Å²) >= 11 is 0. The number of nitrogens with zero attached hydrogens (tertiary/aromatic N) is 2. The highest BCUT2D eigenvalue weighted by Crippen LogP contribution is 2.14. The Balaban J connectivity index is 2.80. The number of hydrogen-bond acceptors (Lipinski definition) is 5. The standard InChI is InChI=1S/C12H13FN2O3/c1-3-18-12(17)11(8(2)16)15-14-10-6-4-9(13)5-7-10/h4-7,11H,3H2,1-2H3. The minimum absolute atomic E-state index is 0.161. The Labute approximate surface area is 104 Å². The van der Waals surface area contributed by atoms with Gasteiger partial charge in [0.2, 0.25) is 6.04 Å². The molecule has 0 aliphatic heterocycles. The lowest BCUT2D eigenvalue weighted by Crippen LogP contribution is -2.28. The smallest absolute Gasteiger partial charge is 0.340 e. The second-order valence-electron chi connectivity index (χ2n) is 3.46. The van der Waals surface area contributed by atoms with Crippen LogP contribution in [0.1, 0.15) is 13.8 Å². The number of azo groups is 1. The summed E-state index contributed by atoms with van der Waals surface area (Å²) in [5.41, 5.74) is 0.354. The highest BCUT2D eigenvalue weighted by molar-refractivity contribution is 6.02. The number of ether oxygens (including phenoxy) is 1. The topological polar surface area (TPSA) is 68.1 Å². The number of carbonyl (C=O) groups excluding carboxylic acids is 2. The third kappa shape index (κ3) is 4.04. The van der Waals surface area contributed by atoms with E-state index >= 15 is 0 Å². The number of ketones is 1. The van der Waals surface area contributed by atoms with Crippen LogP contribution < -0.4 is 0 Å². The Hall–Kier alpha value is -2.11. The molecule has 0 N–H and O–H groups in total. The molecule has 0 aliphatic carbocycles. The van der Waals surface area contributed by atoms with E-state index < -0.39 is 23.6 Å².